The van der Waals surface area contributed by atoms with E-state index in [4.69, 9.17) is 9.57 Å². The fourth-order valence-corrected chi connectivity index (χ4v) is 11.9. The van der Waals surface area contributed by atoms with E-state index in [-0.39, 0.29) is 40.2 Å². The van der Waals surface area contributed by atoms with Gasteiger partial charge in [-0.15, -0.1) is 5.16 Å². The molecule has 0 aliphatic heterocycles. The van der Waals surface area contributed by atoms with Gasteiger partial charge >= 0.3 is 11.9 Å². The number of rotatable bonds is 5. The molecule has 0 bridgehead atoms. The van der Waals surface area contributed by atoms with Crippen LogP contribution in [0.1, 0.15) is 113 Å². The third-order valence-corrected chi connectivity index (χ3v) is 13.9. The molecule has 0 heterocycles. The molecule has 0 aromatic rings. The van der Waals surface area contributed by atoms with Crippen LogP contribution >= 0.6 is 0 Å². The van der Waals surface area contributed by atoms with Gasteiger partial charge in [0.2, 0.25) is 0 Å². The third-order valence-electron chi connectivity index (χ3n) is 13.9. The van der Waals surface area contributed by atoms with Crippen LogP contribution in [0, 0.1) is 56.7 Å². The molecule has 5 rings (SSSR count). The summed E-state index contributed by atoms with van der Waals surface area (Å²) in [6.45, 7) is 19.6. The van der Waals surface area contributed by atoms with Crippen molar-refractivity contribution >= 4 is 23.9 Å². The first-order chi connectivity index (χ1) is 19.2. The van der Waals surface area contributed by atoms with Gasteiger partial charge < -0.3 is 14.8 Å². The van der Waals surface area contributed by atoms with Crippen molar-refractivity contribution in [1.29, 1.82) is 0 Å². The molecule has 0 amide bonds. The number of oxime groups is 2. The van der Waals surface area contributed by atoms with Crippen LogP contribution in [0.4, 0.5) is 0 Å². The standard InChI is InChI=1S/C34H52N2O5/c1-21(2)24-11-16-34(19-35-39)18-17-32(7)25(29(24)34)9-10-27-30(5)14-13-28(36-41-23(4)38)31(6,20-40-22(3)37)26(30)12-15-33(27,32)8/h19,24-27,29,39H,1,9-18,20H2,2-8H3/b35-19+,36-28?/t24-,25+,26+,27+,29+,30-,31-,32+,33+,34+/m0/s1. The molecule has 5 aliphatic rings. The molecule has 10 atom stereocenters. The second-order valence-corrected chi connectivity index (χ2v) is 15.5. The minimum Gasteiger partial charge on any atom is -0.465 e. The van der Waals surface area contributed by atoms with Gasteiger partial charge in [0, 0.05) is 24.7 Å². The van der Waals surface area contributed by atoms with Gasteiger partial charge in [0.25, 0.3) is 0 Å². The maximum atomic E-state index is 12.0. The summed E-state index contributed by atoms with van der Waals surface area (Å²) in [6, 6.07) is 0. The summed E-state index contributed by atoms with van der Waals surface area (Å²) in [7, 11) is 0. The quantitative estimate of drug-likeness (QED) is 0.0921. The van der Waals surface area contributed by atoms with Crippen molar-refractivity contribution in [1.82, 2.24) is 0 Å². The van der Waals surface area contributed by atoms with Crippen molar-refractivity contribution in [2.75, 3.05) is 6.61 Å². The minimum absolute atomic E-state index is 0.0254. The molecule has 228 valence electrons. The molecule has 1 N–H and O–H groups in total. The van der Waals surface area contributed by atoms with E-state index in [0.29, 0.717) is 23.7 Å². The average Bonchev–Trinajstić information content (AvgIpc) is 3.27. The molecule has 5 saturated carbocycles. The molecule has 0 aromatic carbocycles. The molecule has 0 unspecified atom stereocenters. The summed E-state index contributed by atoms with van der Waals surface area (Å²) in [5.41, 5.74) is 2.02. The van der Waals surface area contributed by atoms with Crippen molar-refractivity contribution in [3.8, 4) is 0 Å². The number of hydrogen-bond donors (Lipinski definition) is 1. The monoisotopic (exact) mass is 568 g/mol. The van der Waals surface area contributed by atoms with Gasteiger partial charge in [-0.05, 0) is 117 Å². The summed E-state index contributed by atoms with van der Waals surface area (Å²) in [5, 5.41) is 17.8. The lowest BCUT2D eigenvalue weighted by Crippen LogP contribution is -2.67. The maximum Gasteiger partial charge on any atom is 0.331 e. The fourth-order valence-electron chi connectivity index (χ4n) is 11.9. The summed E-state index contributed by atoms with van der Waals surface area (Å²) < 4.78 is 5.70. The molecule has 0 radical (unpaired) electrons. The number of esters is 1. The topological polar surface area (TPSA) is 97.6 Å². The number of ether oxygens (including phenoxy) is 1. The Balaban J connectivity index is 1.53. The highest BCUT2D eigenvalue weighted by atomic mass is 16.7. The molecular weight excluding hydrogens is 516 g/mol. The lowest BCUT2D eigenvalue weighted by molar-refractivity contribution is -0.225. The zero-order chi connectivity index (χ0) is 30.0. The van der Waals surface area contributed by atoms with E-state index in [1.807, 2.05) is 6.21 Å². The SMILES string of the molecule is C=C(C)[C@@H]1CC[C@]2(/C=N/O)CC[C@]3(C)[C@H](CC[C@@H]4[C@@]5(C)CCC(=NOC(C)=O)[C@@](C)(COC(C)=O)[C@@H]5CC[C@]43C)[C@@H]12. The summed E-state index contributed by atoms with van der Waals surface area (Å²) >= 11 is 0. The van der Waals surface area contributed by atoms with Crippen molar-refractivity contribution in [3.05, 3.63) is 12.2 Å². The Kier molecular flexibility index (Phi) is 7.55. The molecule has 5 aliphatic carbocycles. The van der Waals surface area contributed by atoms with Crippen molar-refractivity contribution in [2.45, 2.75) is 113 Å². The van der Waals surface area contributed by atoms with Crippen LogP contribution in [0.25, 0.3) is 0 Å². The smallest absolute Gasteiger partial charge is 0.331 e. The number of carbonyl (C=O) groups excluding carboxylic acids is 2. The average molecular weight is 569 g/mol. The fraction of sp³-hybridized carbons (Fsp3) is 0.824. The second kappa shape index (κ2) is 10.2. The number of carbonyl (C=O) groups is 2. The summed E-state index contributed by atoms with van der Waals surface area (Å²) in [6.07, 6.45) is 12.6. The third kappa shape index (κ3) is 4.33. The van der Waals surface area contributed by atoms with Crippen LogP contribution in [0.3, 0.4) is 0 Å². The lowest BCUT2D eigenvalue weighted by Gasteiger charge is -2.72. The Morgan fingerprint density at radius 2 is 1.66 bits per heavy atom. The van der Waals surface area contributed by atoms with E-state index in [9.17, 15) is 14.8 Å². The Morgan fingerprint density at radius 1 is 0.927 bits per heavy atom. The Morgan fingerprint density at radius 3 is 2.29 bits per heavy atom. The largest absolute Gasteiger partial charge is 0.465 e. The number of fused-ring (bicyclic) bond motifs is 7. The molecule has 0 saturated heterocycles. The zero-order valence-corrected chi connectivity index (χ0v) is 26.4. The predicted molar refractivity (Wildman–Crippen MR) is 159 cm³/mol. The summed E-state index contributed by atoms with van der Waals surface area (Å²) in [5.74, 6) is 1.60. The van der Waals surface area contributed by atoms with Gasteiger partial charge in [0.05, 0.1) is 11.9 Å². The highest BCUT2D eigenvalue weighted by Gasteiger charge is 2.71. The van der Waals surface area contributed by atoms with Gasteiger partial charge in [-0.1, -0.05) is 45.0 Å². The van der Waals surface area contributed by atoms with Crippen LogP contribution in [-0.4, -0.2) is 35.7 Å². The van der Waals surface area contributed by atoms with Crippen LogP contribution in [0.2, 0.25) is 0 Å². The van der Waals surface area contributed by atoms with E-state index in [1.165, 1.54) is 32.3 Å². The number of hydrogen-bond acceptors (Lipinski definition) is 7. The number of nitrogens with zero attached hydrogens (tertiary/aromatic N) is 2. The van der Waals surface area contributed by atoms with Crippen molar-refractivity contribution < 1.29 is 24.4 Å². The highest BCUT2D eigenvalue weighted by Crippen LogP contribution is 2.77. The highest BCUT2D eigenvalue weighted by molar-refractivity contribution is 5.91. The maximum absolute atomic E-state index is 12.0. The first-order valence-corrected chi connectivity index (χ1v) is 15.9. The van der Waals surface area contributed by atoms with E-state index in [2.05, 4.69) is 51.5 Å². The normalized spacial score (nSPS) is 48.1. The predicted octanol–water partition coefficient (Wildman–Crippen LogP) is 7.57. The van der Waals surface area contributed by atoms with Crippen molar-refractivity contribution in [3.63, 3.8) is 0 Å². The van der Waals surface area contributed by atoms with Crippen molar-refractivity contribution in [2.24, 2.45) is 67.0 Å². The molecular formula is C34H52N2O5. The molecule has 0 aromatic heterocycles. The second-order valence-electron chi connectivity index (χ2n) is 15.5. The van der Waals surface area contributed by atoms with Gasteiger partial charge in [0.15, 0.2) is 0 Å². The van der Waals surface area contributed by atoms with Gasteiger partial charge in [-0.25, -0.2) is 4.79 Å². The van der Waals surface area contributed by atoms with E-state index >= 15 is 0 Å². The number of allylic oxidation sites excluding steroid dienone is 1. The Hall–Kier alpha value is -2.18. The van der Waals surface area contributed by atoms with E-state index < -0.39 is 11.4 Å². The zero-order valence-electron chi connectivity index (χ0n) is 26.4. The van der Waals surface area contributed by atoms with E-state index in [1.54, 1.807) is 0 Å². The molecule has 0 spiro atoms. The Bertz CT molecular complexity index is 1160. The van der Waals surface area contributed by atoms with Crippen LogP contribution in [-0.2, 0) is 19.2 Å². The summed E-state index contributed by atoms with van der Waals surface area (Å²) in [4.78, 5) is 28.8. The van der Waals surface area contributed by atoms with Crippen LogP contribution < -0.4 is 0 Å². The minimum atomic E-state index is -0.483. The van der Waals surface area contributed by atoms with Crippen LogP contribution in [0.5, 0.6) is 0 Å². The first kappa shape index (κ1) is 30.3. The van der Waals surface area contributed by atoms with Gasteiger partial charge in [-0.3, -0.25) is 4.79 Å². The molecule has 41 heavy (non-hydrogen) atoms. The van der Waals surface area contributed by atoms with E-state index in [0.717, 1.165) is 57.1 Å². The Labute approximate surface area is 246 Å². The lowest BCUT2D eigenvalue weighted by atomic mass is 9.32. The molecule has 5 fully saturated rings. The van der Waals surface area contributed by atoms with Gasteiger partial charge in [0.1, 0.15) is 6.61 Å². The molecule has 7 heteroatoms. The first-order valence-electron chi connectivity index (χ1n) is 15.9. The molecule has 7 nitrogen and oxygen atoms in total. The van der Waals surface area contributed by atoms with Crippen LogP contribution in [0.15, 0.2) is 22.5 Å². The van der Waals surface area contributed by atoms with Gasteiger partial charge in [-0.2, -0.15) is 0 Å².